The Balaban J connectivity index is 0.000000616. The maximum absolute atomic E-state index is 12.8. The molecule has 4 aromatic rings. The number of alkyl halides is 3. The van der Waals surface area contributed by atoms with Crippen LogP contribution in [-0.2, 0) is 4.79 Å². The summed E-state index contributed by atoms with van der Waals surface area (Å²) in [4.78, 5) is 28.7. The fraction of sp³-hybridized carbons (Fsp3) is 0.192. The second kappa shape index (κ2) is 13.2. The van der Waals surface area contributed by atoms with Gasteiger partial charge in [-0.05, 0) is 61.0 Å². The Morgan fingerprint density at radius 2 is 1.86 bits per heavy atom. The van der Waals surface area contributed by atoms with Crippen LogP contribution in [0.3, 0.4) is 0 Å². The second-order valence-corrected chi connectivity index (χ2v) is 8.36. The van der Waals surface area contributed by atoms with Crippen LogP contribution in [0.4, 0.5) is 24.5 Å². The number of ether oxygens (including phenoxy) is 2. The predicted molar refractivity (Wildman–Crippen MR) is 147 cm³/mol. The molecule has 0 spiro atoms. The molecule has 0 aliphatic heterocycles. The van der Waals surface area contributed by atoms with Gasteiger partial charge in [-0.25, -0.2) is 14.6 Å². The Bertz CT molecular complexity index is 1600. The van der Waals surface area contributed by atoms with Crippen molar-refractivity contribution in [1.82, 2.24) is 19.7 Å². The molecule has 1 atom stereocenters. The third-order valence-corrected chi connectivity index (χ3v) is 5.50. The molecule has 0 bridgehead atoms. The van der Waals surface area contributed by atoms with Crippen LogP contribution < -0.4 is 31.9 Å². The van der Waals surface area contributed by atoms with Crippen molar-refractivity contribution in [1.29, 1.82) is 5.41 Å². The van der Waals surface area contributed by atoms with Crippen molar-refractivity contribution < 1.29 is 32.5 Å². The summed E-state index contributed by atoms with van der Waals surface area (Å²) in [6.45, 7) is 2.38. The molecule has 4 rings (SSSR count). The van der Waals surface area contributed by atoms with Gasteiger partial charge in [0.15, 0.2) is 23.1 Å². The molecule has 0 saturated heterocycles. The zero-order valence-corrected chi connectivity index (χ0v) is 22.3. The summed E-state index contributed by atoms with van der Waals surface area (Å²) in [6.07, 6.45) is -3.55. The Kier molecular flexibility index (Phi) is 9.75. The number of aliphatic carboxylic acids is 1. The number of H-pyrrole nitrogens is 1. The number of methoxy groups -OCH3 is 1. The SMILES string of the molecule is CCOc1ccc(C(Nc2ccc(C(=N)N)cc2)c2nn(-c3ncccc3N)c(=O)[nH]2)cc1OC.O=C(O)C(F)(F)F. The van der Waals surface area contributed by atoms with Gasteiger partial charge >= 0.3 is 17.8 Å². The van der Waals surface area contributed by atoms with E-state index in [0.717, 1.165) is 15.9 Å². The number of amidine groups is 1. The largest absolute Gasteiger partial charge is 0.493 e. The summed E-state index contributed by atoms with van der Waals surface area (Å²) < 4.78 is 44.0. The lowest BCUT2D eigenvalue weighted by Crippen LogP contribution is -2.21. The average Bonchev–Trinajstić information content (AvgIpc) is 3.33. The van der Waals surface area contributed by atoms with Crippen LogP contribution in [0.1, 0.15) is 29.9 Å². The fourth-order valence-electron chi connectivity index (χ4n) is 3.56. The molecule has 42 heavy (non-hydrogen) atoms. The van der Waals surface area contributed by atoms with Gasteiger partial charge in [0.25, 0.3) is 0 Å². The van der Waals surface area contributed by atoms with Crippen molar-refractivity contribution >= 4 is 23.2 Å². The molecule has 2 aromatic heterocycles. The molecular weight excluding hydrogens is 561 g/mol. The number of aromatic amines is 1. The van der Waals surface area contributed by atoms with E-state index in [2.05, 4.69) is 20.4 Å². The highest BCUT2D eigenvalue weighted by atomic mass is 19.4. The maximum Gasteiger partial charge on any atom is 0.490 e. The van der Waals surface area contributed by atoms with Gasteiger partial charge in [-0.1, -0.05) is 6.07 Å². The zero-order valence-electron chi connectivity index (χ0n) is 22.3. The number of nitrogens with zero attached hydrogens (tertiary/aromatic N) is 3. The highest BCUT2D eigenvalue weighted by Crippen LogP contribution is 2.33. The summed E-state index contributed by atoms with van der Waals surface area (Å²) in [7, 11) is 1.56. The van der Waals surface area contributed by atoms with Crippen molar-refractivity contribution in [2.75, 3.05) is 24.8 Å². The van der Waals surface area contributed by atoms with Crippen LogP contribution in [0, 0.1) is 5.41 Å². The van der Waals surface area contributed by atoms with Crippen LogP contribution in [0.25, 0.3) is 5.82 Å². The van der Waals surface area contributed by atoms with E-state index in [4.69, 9.17) is 36.3 Å². The van der Waals surface area contributed by atoms with Gasteiger partial charge in [0.05, 0.1) is 19.4 Å². The normalized spacial score (nSPS) is 11.5. The van der Waals surface area contributed by atoms with Crippen molar-refractivity contribution in [3.05, 3.63) is 88.2 Å². The number of anilines is 2. The molecule has 2 aromatic carbocycles. The predicted octanol–water partition coefficient (Wildman–Crippen LogP) is 3.06. The number of hydrogen-bond acceptors (Lipinski definition) is 9. The number of rotatable bonds is 9. The number of benzene rings is 2. The van der Waals surface area contributed by atoms with E-state index in [1.807, 2.05) is 19.1 Å². The smallest absolute Gasteiger partial charge is 0.490 e. The van der Waals surface area contributed by atoms with Crippen LogP contribution in [0.2, 0.25) is 0 Å². The summed E-state index contributed by atoms with van der Waals surface area (Å²) in [5, 5.41) is 22.6. The first-order valence-corrected chi connectivity index (χ1v) is 12.1. The van der Waals surface area contributed by atoms with Crippen molar-refractivity contribution in [3.63, 3.8) is 0 Å². The average molecular weight is 589 g/mol. The third-order valence-electron chi connectivity index (χ3n) is 5.50. The summed E-state index contributed by atoms with van der Waals surface area (Å²) in [5.74, 6) is -1.08. The first-order valence-electron chi connectivity index (χ1n) is 12.1. The van der Waals surface area contributed by atoms with E-state index in [0.29, 0.717) is 35.2 Å². The van der Waals surface area contributed by atoms with E-state index in [9.17, 15) is 18.0 Å². The Morgan fingerprint density at radius 1 is 1.19 bits per heavy atom. The number of nitrogens with one attached hydrogen (secondary N) is 3. The van der Waals surface area contributed by atoms with Gasteiger partial charge in [-0.2, -0.15) is 17.9 Å². The van der Waals surface area contributed by atoms with Crippen molar-refractivity contribution in [2.45, 2.75) is 19.1 Å². The van der Waals surface area contributed by atoms with Gasteiger partial charge in [0, 0.05) is 17.4 Å². The van der Waals surface area contributed by atoms with Gasteiger partial charge in [0.2, 0.25) is 0 Å². The number of carbonyl (C=O) groups is 1. The topological polar surface area (TPSA) is 207 Å². The van der Waals surface area contributed by atoms with Gasteiger partial charge < -0.3 is 31.4 Å². The quantitative estimate of drug-likeness (QED) is 0.124. The molecule has 0 saturated carbocycles. The summed E-state index contributed by atoms with van der Waals surface area (Å²) in [5.41, 5.74) is 13.5. The van der Waals surface area contributed by atoms with Crippen LogP contribution in [0.5, 0.6) is 11.5 Å². The standard InChI is InChI=1S/C24H26N8O3.C2HF3O2/c1-3-35-18-11-8-15(13-19(18)34-2)20(29-16-9-6-14(7-10-16)21(26)27)22-30-24(33)32(31-22)23-17(25)5-4-12-28-23;3-2(4,5)1(6)7/h4-13,20,29H,3,25H2,1-2H3,(H3,26,27)(H,30,31,33);(H,6,7). The summed E-state index contributed by atoms with van der Waals surface area (Å²) in [6, 6.07) is 15.3. The molecule has 0 radical (unpaired) electrons. The van der Waals surface area contributed by atoms with Gasteiger partial charge in [0.1, 0.15) is 11.9 Å². The van der Waals surface area contributed by atoms with Crippen LogP contribution in [-0.4, -0.2) is 56.6 Å². The van der Waals surface area contributed by atoms with Crippen LogP contribution >= 0.6 is 0 Å². The van der Waals surface area contributed by atoms with E-state index in [1.54, 1.807) is 49.6 Å². The molecule has 222 valence electrons. The third kappa shape index (κ3) is 7.56. The highest BCUT2D eigenvalue weighted by molar-refractivity contribution is 5.95. The summed E-state index contributed by atoms with van der Waals surface area (Å²) >= 11 is 0. The number of nitrogens with two attached hydrogens (primary N) is 2. The Morgan fingerprint density at radius 3 is 2.40 bits per heavy atom. The number of carboxylic acids is 1. The fourth-order valence-corrected chi connectivity index (χ4v) is 3.56. The molecule has 1 unspecified atom stereocenters. The van der Waals surface area contributed by atoms with E-state index >= 15 is 0 Å². The molecule has 0 fully saturated rings. The van der Waals surface area contributed by atoms with E-state index in [-0.39, 0.29) is 11.7 Å². The minimum absolute atomic E-state index is 0.0274. The minimum Gasteiger partial charge on any atom is -0.493 e. The minimum atomic E-state index is -5.08. The molecule has 8 N–H and O–H groups in total. The lowest BCUT2D eigenvalue weighted by Gasteiger charge is -2.20. The van der Waals surface area contributed by atoms with E-state index in [1.165, 1.54) is 6.20 Å². The highest BCUT2D eigenvalue weighted by Gasteiger charge is 2.38. The number of halogens is 3. The van der Waals surface area contributed by atoms with Crippen LogP contribution in [0.15, 0.2) is 65.6 Å². The maximum atomic E-state index is 12.8. The molecule has 16 heteroatoms. The number of hydrogen-bond donors (Lipinski definition) is 6. The van der Waals surface area contributed by atoms with Crippen molar-refractivity contribution in [2.24, 2.45) is 5.73 Å². The number of aromatic nitrogens is 4. The lowest BCUT2D eigenvalue weighted by molar-refractivity contribution is -0.192. The van der Waals surface area contributed by atoms with Crippen molar-refractivity contribution in [3.8, 4) is 17.3 Å². The molecular formula is C26H27F3N8O5. The molecule has 13 nitrogen and oxygen atoms in total. The van der Waals surface area contributed by atoms with Gasteiger partial charge in [-0.15, -0.1) is 5.10 Å². The lowest BCUT2D eigenvalue weighted by atomic mass is 10.0. The number of carboxylic acid groups (broad SMARTS) is 1. The van der Waals surface area contributed by atoms with E-state index < -0.39 is 23.9 Å². The number of pyridine rings is 1. The Hall–Kier alpha value is -5.54. The Labute approximate surface area is 236 Å². The molecule has 2 heterocycles. The monoisotopic (exact) mass is 588 g/mol. The second-order valence-electron chi connectivity index (χ2n) is 8.36. The molecule has 0 aliphatic rings. The molecule has 0 aliphatic carbocycles. The first-order chi connectivity index (χ1) is 19.8. The zero-order chi connectivity index (χ0) is 31.0. The first kappa shape index (κ1) is 31.0. The van der Waals surface area contributed by atoms with Gasteiger partial charge in [-0.3, -0.25) is 10.4 Å². The number of nitrogen functional groups attached to an aromatic ring is 2. The molecule has 0 amide bonds.